The molecule has 0 saturated heterocycles. The van der Waals surface area contributed by atoms with Crippen molar-refractivity contribution in [3.63, 3.8) is 0 Å². The van der Waals surface area contributed by atoms with Crippen molar-refractivity contribution in [2.75, 3.05) is 38.4 Å². The molecule has 0 aliphatic carbocycles. The van der Waals surface area contributed by atoms with Crippen LogP contribution in [0.1, 0.15) is 25.0 Å². The van der Waals surface area contributed by atoms with E-state index in [9.17, 15) is 10.2 Å². The highest BCUT2D eigenvalue weighted by molar-refractivity contribution is 7.98. The third kappa shape index (κ3) is 6.34. The predicted molar refractivity (Wildman–Crippen MR) is 113 cm³/mol. The van der Waals surface area contributed by atoms with Gasteiger partial charge in [0.15, 0.2) is 0 Å². The van der Waals surface area contributed by atoms with Crippen LogP contribution in [0.15, 0.2) is 47.4 Å². The van der Waals surface area contributed by atoms with Crippen LogP contribution < -0.4 is 15.0 Å². The maximum atomic E-state index is 10.4. The van der Waals surface area contributed by atoms with Crippen molar-refractivity contribution in [3.05, 3.63) is 48.0 Å². The number of nitrogens with one attached hydrogen (secondary N) is 1. The maximum absolute atomic E-state index is 10.4. The minimum Gasteiger partial charge on any atom is -0.507 e. The molecule has 0 aliphatic rings. The molecule has 0 saturated carbocycles. The van der Waals surface area contributed by atoms with Gasteiger partial charge in [0, 0.05) is 42.8 Å². The average molecular weight is 391 g/mol. The topological polar surface area (TPSA) is 65.0 Å². The van der Waals surface area contributed by atoms with E-state index >= 15 is 0 Å². The van der Waals surface area contributed by atoms with Crippen LogP contribution in [-0.4, -0.2) is 49.8 Å². The van der Waals surface area contributed by atoms with Gasteiger partial charge in [-0.15, -0.1) is 11.8 Å². The molecule has 148 valence electrons. The number of anilines is 1. The fourth-order valence-electron chi connectivity index (χ4n) is 2.80. The molecular formula is C21H30N2O3S. The highest BCUT2D eigenvalue weighted by atomic mass is 32.2. The maximum Gasteiger partial charge on any atom is 0.129 e. The summed E-state index contributed by atoms with van der Waals surface area (Å²) in [7, 11) is 3.74. The number of methoxy groups -OCH3 is 1. The molecule has 0 radical (unpaired) electrons. The van der Waals surface area contributed by atoms with Gasteiger partial charge in [-0.3, -0.25) is 0 Å². The fourth-order valence-corrected chi connectivity index (χ4v) is 3.33. The highest BCUT2D eigenvalue weighted by Gasteiger charge is 2.12. The number of aliphatic hydroxyl groups excluding tert-OH is 1. The van der Waals surface area contributed by atoms with Gasteiger partial charge in [0.05, 0.1) is 13.2 Å². The quantitative estimate of drug-likeness (QED) is 0.538. The number of benzene rings is 2. The Morgan fingerprint density at radius 1 is 1.22 bits per heavy atom. The number of thioether (sulfide) groups is 1. The van der Waals surface area contributed by atoms with Crippen LogP contribution in [0, 0.1) is 0 Å². The van der Waals surface area contributed by atoms with Crippen LogP contribution in [0.2, 0.25) is 0 Å². The van der Waals surface area contributed by atoms with Gasteiger partial charge in [0.1, 0.15) is 11.5 Å². The Labute approximate surface area is 166 Å². The minimum atomic E-state index is -0.602. The van der Waals surface area contributed by atoms with Crippen molar-refractivity contribution in [2.24, 2.45) is 0 Å². The van der Waals surface area contributed by atoms with E-state index < -0.39 is 6.10 Å². The molecule has 2 rings (SSSR count). The van der Waals surface area contributed by atoms with Gasteiger partial charge >= 0.3 is 0 Å². The van der Waals surface area contributed by atoms with Crippen molar-refractivity contribution in [3.8, 4) is 11.5 Å². The third-order valence-electron chi connectivity index (χ3n) is 4.64. The summed E-state index contributed by atoms with van der Waals surface area (Å²) in [5, 5.41) is 23.6. The van der Waals surface area contributed by atoms with Crippen LogP contribution >= 0.6 is 11.8 Å². The van der Waals surface area contributed by atoms with E-state index in [0.29, 0.717) is 6.54 Å². The highest BCUT2D eigenvalue weighted by Crippen LogP contribution is 2.29. The first kappa shape index (κ1) is 21.4. The summed E-state index contributed by atoms with van der Waals surface area (Å²) in [5.74, 6) is 1.10. The van der Waals surface area contributed by atoms with Crippen molar-refractivity contribution in [1.82, 2.24) is 5.32 Å². The zero-order valence-electron chi connectivity index (χ0n) is 16.5. The molecule has 0 bridgehead atoms. The molecule has 0 aromatic heterocycles. The summed E-state index contributed by atoms with van der Waals surface area (Å²) in [6.45, 7) is 3.49. The lowest BCUT2D eigenvalue weighted by atomic mass is 10.1. The smallest absolute Gasteiger partial charge is 0.129 e. The van der Waals surface area contributed by atoms with Crippen molar-refractivity contribution in [1.29, 1.82) is 0 Å². The van der Waals surface area contributed by atoms with E-state index in [0.717, 1.165) is 34.9 Å². The van der Waals surface area contributed by atoms with Crippen molar-refractivity contribution < 1.29 is 14.9 Å². The van der Waals surface area contributed by atoms with Gasteiger partial charge in [-0.2, -0.15) is 0 Å². The molecule has 0 spiro atoms. The summed E-state index contributed by atoms with van der Waals surface area (Å²) in [5.41, 5.74) is 1.93. The molecular weight excluding hydrogens is 360 g/mol. The van der Waals surface area contributed by atoms with Gasteiger partial charge in [-0.05, 0) is 49.4 Å². The molecule has 0 amide bonds. The molecule has 0 heterocycles. The first-order valence-electron chi connectivity index (χ1n) is 9.08. The van der Waals surface area contributed by atoms with E-state index in [1.807, 2.05) is 30.5 Å². The number of hydrogen-bond donors (Lipinski definition) is 3. The standard InChI is InChI=1S/C21H30N2O3S/c1-15(10-11-23(2)17-6-5-7-18(13-17)26-3)22-14-20(25)16-8-9-19(24)21(12-16)27-4/h5-9,12-13,15,20,22,24-25H,10-11,14H2,1-4H3. The van der Waals surface area contributed by atoms with Gasteiger partial charge in [0.25, 0.3) is 0 Å². The molecule has 6 heteroatoms. The summed E-state index contributed by atoms with van der Waals surface area (Å²) >= 11 is 1.47. The van der Waals surface area contributed by atoms with Crippen LogP contribution in [0.4, 0.5) is 5.69 Å². The van der Waals surface area contributed by atoms with E-state index in [4.69, 9.17) is 4.74 Å². The Morgan fingerprint density at radius 3 is 2.70 bits per heavy atom. The van der Waals surface area contributed by atoms with E-state index in [1.165, 1.54) is 11.8 Å². The summed E-state index contributed by atoms with van der Waals surface area (Å²) in [4.78, 5) is 2.97. The predicted octanol–water partition coefficient (Wildman–Crippen LogP) is 3.66. The minimum absolute atomic E-state index is 0.250. The van der Waals surface area contributed by atoms with Gasteiger partial charge in [-0.25, -0.2) is 0 Å². The normalized spacial score (nSPS) is 13.2. The van der Waals surface area contributed by atoms with Gasteiger partial charge in [0.2, 0.25) is 0 Å². The zero-order valence-corrected chi connectivity index (χ0v) is 17.3. The molecule has 27 heavy (non-hydrogen) atoms. The first-order valence-corrected chi connectivity index (χ1v) is 10.3. The number of rotatable bonds is 10. The van der Waals surface area contributed by atoms with Crippen molar-refractivity contribution >= 4 is 17.4 Å². The number of nitrogens with zero attached hydrogens (tertiary/aromatic N) is 1. The number of ether oxygens (including phenoxy) is 1. The summed E-state index contributed by atoms with van der Waals surface area (Å²) < 4.78 is 5.28. The van der Waals surface area contributed by atoms with Gasteiger partial charge in [-0.1, -0.05) is 12.1 Å². The fraction of sp³-hybridized carbons (Fsp3) is 0.429. The van der Waals surface area contributed by atoms with Crippen LogP contribution in [0.25, 0.3) is 0 Å². The van der Waals surface area contributed by atoms with E-state index in [-0.39, 0.29) is 11.8 Å². The Kier molecular flexibility index (Phi) is 8.28. The second kappa shape index (κ2) is 10.4. The molecule has 5 nitrogen and oxygen atoms in total. The summed E-state index contributed by atoms with van der Waals surface area (Å²) in [6, 6.07) is 13.5. The number of aromatic hydroxyl groups is 1. The molecule has 2 unspecified atom stereocenters. The number of phenolic OH excluding ortho intramolecular Hbond substituents is 1. The summed E-state index contributed by atoms with van der Waals surface area (Å²) in [6.07, 6.45) is 2.26. The molecule has 2 atom stereocenters. The zero-order chi connectivity index (χ0) is 19.8. The number of phenols is 1. The van der Waals surface area contributed by atoms with E-state index in [1.54, 1.807) is 19.2 Å². The molecule has 2 aromatic rings. The van der Waals surface area contributed by atoms with Crippen LogP contribution in [0.5, 0.6) is 11.5 Å². The van der Waals surface area contributed by atoms with Crippen LogP contribution in [0.3, 0.4) is 0 Å². The lowest BCUT2D eigenvalue weighted by molar-refractivity contribution is 0.170. The molecule has 0 aliphatic heterocycles. The first-order chi connectivity index (χ1) is 12.9. The Morgan fingerprint density at radius 2 is 2.00 bits per heavy atom. The van der Waals surface area contributed by atoms with Gasteiger partial charge < -0.3 is 25.2 Å². The Hall–Kier alpha value is -1.89. The number of hydrogen-bond acceptors (Lipinski definition) is 6. The Balaban J connectivity index is 1.80. The SMILES string of the molecule is COc1cccc(N(C)CCC(C)NCC(O)c2ccc(O)c(SC)c2)c1. The van der Waals surface area contributed by atoms with Crippen molar-refractivity contribution in [2.45, 2.75) is 30.4 Å². The van der Waals surface area contributed by atoms with Crippen LogP contribution in [-0.2, 0) is 0 Å². The average Bonchev–Trinajstić information content (AvgIpc) is 2.70. The molecule has 3 N–H and O–H groups in total. The largest absolute Gasteiger partial charge is 0.507 e. The lowest BCUT2D eigenvalue weighted by Crippen LogP contribution is -2.33. The molecule has 2 aromatic carbocycles. The Bertz CT molecular complexity index is 726. The second-order valence-electron chi connectivity index (χ2n) is 6.67. The number of aliphatic hydroxyl groups is 1. The lowest BCUT2D eigenvalue weighted by Gasteiger charge is -2.23. The molecule has 0 fully saturated rings. The monoisotopic (exact) mass is 390 g/mol. The second-order valence-corrected chi connectivity index (χ2v) is 7.52. The van der Waals surface area contributed by atoms with E-state index in [2.05, 4.69) is 30.3 Å². The third-order valence-corrected chi connectivity index (χ3v) is 5.41.